The van der Waals surface area contributed by atoms with Crippen LogP contribution in [0.5, 0.6) is 5.75 Å². The van der Waals surface area contributed by atoms with E-state index in [0.717, 1.165) is 11.5 Å². The third-order valence-electron chi connectivity index (χ3n) is 3.41. The standard InChI is InChI=1S/C13H19ClN2O3S2/c1-9-8-20-4-3-16(9)21(17,18)12-6-11(14)5-10(7-15)13(12)19-2/h5-6,9H,3-4,7-8,15H2,1-2H3. The zero-order chi connectivity index (χ0) is 15.6. The van der Waals surface area contributed by atoms with E-state index >= 15 is 0 Å². The lowest BCUT2D eigenvalue weighted by Gasteiger charge is -2.32. The van der Waals surface area contributed by atoms with Gasteiger partial charge in [-0.1, -0.05) is 11.6 Å². The SMILES string of the molecule is COc1c(CN)cc(Cl)cc1S(=O)(=O)N1CCSCC1C. The van der Waals surface area contributed by atoms with Crippen molar-refractivity contribution in [2.45, 2.75) is 24.4 Å². The average molecular weight is 351 g/mol. The number of rotatable bonds is 4. The molecule has 1 aliphatic heterocycles. The van der Waals surface area contributed by atoms with Gasteiger partial charge in [0.25, 0.3) is 0 Å². The summed E-state index contributed by atoms with van der Waals surface area (Å²) in [6.45, 7) is 2.56. The molecule has 0 spiro atoms. The van der Waals surface area contributed by atoms with Crippen molar-refractivity contribution in [3.05, 3.63) is 22.7 Å². The summed E-state index contributed by atoms with van der Waals surface area (Å²) in [7, 11) is -2.21. The van der Waals surface area contributed by atoms with Gasteiger partial charge in [0.1, 0.15) is 10.6 Å². The second kappa shape index (κ2) is 6.75. The summed E-state index contributed by atoms with van der Waals surface area (Å²) in [5.74, 6) is 1.86. The fourth-order valence-corrected chi connectivity index (χ4v) is 5.78. The Morgan fingerprint density at radius 1 is 1.52 bits per heavy atom. The van der Waals surface area contributed by atoms with E-state index in [2.05, 4.69) is 0 Å². The summed E-state index contributed by atoms with van der Waals surface area (Å²) in [6, 6.07) is 3.01. The first-order valence-corrected chi connectivity index (χ1v) is 9.55. The highest BCUT2D eigenvalue weighted by Crippen LogP contribution is 2.35. The summed E-state index contributed by atoms with van der Waals surface area (Å²) in [5, 5.41) is 0.342. The van der Waals surface area contributed by atoms with Gasteiger partial charge < -0.3 is 10.5 Å². The minimum atomic E-state index is -3.65. The second-order valence-corrected chi connectivity index (χ2v) is 8.29. The monoisotopic (exact) mass is 350 g/mol. The van der Waals surface area contributed by atoms with Gasteiger partial charge in [0.2, 0.25) is 10.0 Å². The van der Waals surface area contributed by atoms with Crippen molar-refractivity contribution in [3.8, 4) is 5.75 Å². The van der Waals surface area contributed by atoms with Crippen molar-refractivity contribution < 1.29 is 13.2 Å². The molecule has 0 bridgehead atoms. The lowest BCUT2D eigenvalue weighted by atomic mass is 10.2. The van der Waals surface area contributed by atoms with Crippen LogP contribution in [0.1, 0.15) is 12.5 Å². The lowest BCUT2D eigenvalue weighted by molar-refractivity contribution is 0.359. The number of hydrogen-bond donors (Lipinski definition) is 1. The van der Waals surface area contributed by atoms with Crippen LogP contribution >= 0.6 is 23.4 Å². The number of nitrogens with two attached hydrogens (primary N) is 1. The number of benzene rings is 1. The zero-order valence-electron chi connectivity index (χ0n) is 12.0. The highest BCUT2D eigenvalue weighted by atomic mass is 35.5. The Kier molecular flexibility index (Phi) is 5.43. The van der Waals surface area contributed by atoms with Gasteiger partial charge >= 0.3 is 0 Å². The molecule has 1 aromatic carbocycles. The van der Waals surface area contributed by atoms with E-state index in [-0.39, 0.29) is 23.2 Å². The minimum Gasteiger partial charge on any atom is -0.495 e. The fraction of sp³-hybridized carbons (Fsp3) is 0.538. The fourth-order valence-electron chi connectivity index (χ4n) is 2.39. The van der Waals surface area contributed by atoms with Crippen molar-refractivity contribution in [2.75, 3.05) is 25.2 Å². The van der Waals surface area contributed by atoms with Gasteiger partial charge in [-0.05, 0) is 19.1 Å². The molecule has 1 atom stereocenters. The number of sulfonamides is 1. The van der Waals surface area contributed by atoms with Crippen LogP contribution in [0.2, 0.25) is 5.02 Å². The summed E-state index contributed by atoms with van der Waals surface area (Å²) >= 11 is 7.80. The van der Waals surface area contributed by atoms with E-state index in [9.17, 15) is 8.42 Å². The molecule has 0 radical (unpaired) electrons. The third-order valence-corrected chi connectivity index (χ3v) is 6.84. The van der Waals surface area contributed by atoms with E-state index in [1.807, 2.05) is 6.92 Å². The molecule has 2 N–H and O–H groups in total. The van der Waals surface area contributed by atoms with Gasteiger partial charge in [0.15, 0.2) is 0 Å². The zero-order valence-corrected chi connectivity index (χ0v) is 14.4. The van der Waals surface area contributed by atoms with Crippen molar-refractivity contribution >= 4 is 33.4 Å². The van der Waals surface area contributed by atoms with Crippen LogP contribution in [-0.2, 0) is 16.6 Å². The third kappa shape index (κ3) is 3.32. The Balaban J connectivity index is 2.56. The van der Waals surface area contributed by atoms with Crippen LogP contribution in [0, 0.1) is 0 Å². The highest BCUT2D eigenvalue weighted by Gasteiger charge is 2.34. The Morgan fingerprint density at radius 2 is 2.24 bits per heavy atom. The Morgan fingerprint density at radius 3 is 2.81 bits per heavy atom. The number of ether oxygens (including phenoxy) is 1. The molecule has 1 unspecified atom stereocenters. The molecule has 21 heavy (non-hydrogen) atoms. The number of halogens is 1. The summed E-state index contributed by atoms with van der Waals surface area (Å²) < 4.78 is 32.7. The first kappa shape index (κ1) is 16.9. The van der Waals surface area contributed by atoms with Crippen LogP contribution in [0.3, 0.4) is 0 Å². The van der Waals surface area contributed by atoms with E-state index in [1.165, 1.54) is 17.5 Å². The van der Waals surface area contributed by atoms with Gasteiger partial charge in [-0.2, -0.15) is 16.1 Å². The number of nitrogens with zero attached hydrogens (tertiary/aromatic N) is 1. The maximum absolute atomic E-state index is 12.9. The Hall–Kier alpha value is -0.470. The van der Waals surface area contributed by atoms with Gasteiger partial charge in [0.05, 0.1) is 7.11 Å². The molecule has 0 saturated carbocycles. The van der Waals surface area contributed by atoms with Crippen molar-refractivity contribution in [3.63, 3.8) is 0 Å². The van der Waals surface area contributed by atoms with Crippen molar-refractivity contribution in [2.24, 2.45) is 5.73 Å². The molecule has 5 nitrogen and oxygen atoms in total. The first-order chi connectivity index (χ1) is 9.91. The Bertz CT molecular complexity index is 622. The van der Waals surface area contributed by atoms with Gasteiger partial charge in [-0.15, -0.1) is 0 Å². The molecule has 1 fully saturated rings. The van der Waals surface area contributed by atoms with Gasteiger partial charge in [-0.3, -0.25) is 0 Å². The summed E-state index contributed by atoms with van der Waals surface area (Å²) in [4.78, 5) is 0.0942. The molecule has 2 rings (SSSR count). The normalized spacial score (nSPS) is 20.5. The highest BCUT2D eigenvalue weighted by molar-refractivity contribution is 7.99. The Labute approximate surface area is 134 Å². The molecular formula is C13H19ClN2O3S2. The molecule has 8 heteroatoms. The van der Waals surface area contributed by atoms with E-state index in [1.54, 1.807) is 17.8 Å². The molecule has 118 valence electrons. The predicted octanol–water partition coefficient (Wildman–Crippen LogP) is 1.93. The molecular weight excluding hydrogens is 332 g/mol. The molecule has 0 aliphatic carbocycles. The smallest absolute Gasteiger partial charge is 0.247 e. The predicted molar refractivity (Wildman–Crippen MR) is 86.6 cm³/mol. The van der Waals surface area contributed by atoms with Crippen LogP contribution in [0.15, 0.2) is 17.0 Å². The first-order valence-electron chi connectivity index (χ1n) is 6.58. The molecule has 1 aromatic rings. The van der Waals surface area contributed by atoms with Crippen LogP contribution in [0.25, 0.3) is 0 Å². The maximum Gasteiger partial charge on any atom is 0.247 e. The second-order valence-electron chi connectivity index (χ2n) is 4.84. The molecule has 1 saturated heterocycles. The van der Waals surface area contributed by atoms with Crippen molar-refractivity contribution in [1.82, 2.24) is 4.31 Å². The summed E-state index contributed by atoms with van der Waals surface area (Å²) in [6.07, 6.45) is 0. The van der Waals surface area contributed by atoms with Crippen LogP contribution < -0.4 is 10.5 Å². The van der Waals surface area contributed by atoms with Crippen LogP contribution in [-0.4, -0.2) is 43.9 Å². The summed E-state index contributed by atoms with van der Waals surface area (Å²) in [5.41, 5.74) is 6.25. The maximum atomic E-state index is 12.9. The largest absolute Gasteiger partial charge is 0.495 e. The molecule has 1 aliphatic rings. The number of methoxy groups -OCH3 is 1. The molecule has 0 aromatic heterocycles. The van der Waals surface area contributed by atoms with E-state index in [0.29, 0.717) is 17.1 Å². The number of thioether (sulfide) groups is 1. The van der Waals surface area contributed by atoms with Crippen molar-refractivity contribution in [1.29, 1.82) is 0 Å². The van der Waals surface area contributed by atoms with E-state index in [4.69, 9.17) is 22.1 Å². The minimum absolute atomic E-state index is 0.0567. The van der Waals surface area contributed by atoms with E-state index < -0.39 is 10.0 Å². The topological polar surface area (TPSA) is 72.6 Å². The lowest BCUT2D eigenvalue weighted by Crippen LogP contribution is -2.44. The van der Waals surface area contributed by atoms with Gasteiger partial charge in [-0.25, -0.2) is 8.42 Å². The number of hydrogen-bond acceptors (Lipinski definition) is 5. The average Bonchev–Trinajstić information content (AvgIpc) is 2.46. The quantitative estimate of drug-likeness (QED) is 0.898. The van der Waals surface area contributed by atoms with Gasteiger partial charge in [0, 0.05) is 41.2 Å². The van der Waals surface area contributed by atoms with Crippen LogP contribution in [0.4, 0.5) is 0 Å². The molecule has 1 heterocycles. The molecule has 0 amide bonds.